The zero-order valence-corrected chi connectivity index (χ0v) is 8.06. The first-order chi connectivity index (χ1) is 5.58. The number of sulfonamides is 1. The number of benzene rings is 1. The Hall–Kier alpha value is -0.580. The topological polar surface area (TPSA) is 50.8 Å². The van der Waals surface area contributed by atoms with Gasteiger partial charge in [-0.1, -0.05) is 23.7 Å². The van der Waals surface area contributed by atoms with Crippen molar-refractivity contribution in [3.63, 3.8) is 0 Å². The predicted octanol–water partition coefficient (Wildman–Crippen LogP) is 0.222. The van der Waals surface area contributed by atoms with Crippen LogP contribution in [0.5, 0.6) is 0 Å². The Bertz CT molecular complexity index is 375. The van der Waals surface area contributed by atoms with E-state index in [1.54, 1.807) is 18.2 Å². The SMILES string of the molecule is C[NH2+]S(=O)(=O)c1ccccc1Cl. The van der Waals surface area contributed by atoms with Gasteiger partial charge in [0.15, 0.2) is 0 Å². The highest BCUT2D eigenvalue weighted by Gasteiger charge is 2.17. The van der Waals surface area contributed by atoms with E-state index in [1.807, 2.05) is 0 Å². The first kappa shape index (κ1) is 9.51. The minimum atomic E-state index is -3.29. The number of halogens is 1. The summed E-state index contributed by atoms with van der Waals surface area (Å²) in [6, 6.07) is 6.37. The van der Waals surface area contributed by atoms with E-state index in [9.17, 15) is 8.42 Å². The van der Waals surface area contributed by atoms with Crippen LogP contribution in [0.25, 0.3) is 0 Å². The van der Waals surface area contributed by atoms with Crippen LogP contribution in [0, 0.1) is 0 Å². The highest BCUT2D eigenvalue weighted by Crippen LogP contribution is 2.17. The second kappa shape index (κ2) is 3.43. The molecule has 5 heteroatoms. The molecular weight excluding hydrogens is 198 g/mol. The fourth-order valence-electron chi connectivity index (χ4n) is 0.802. The van der Waals surface area contributed by atoms with Crippen molar-refractivity contribution in [3.8, 4) is 0 Å². The zero-order chi connectivity index (χ0) is 9.19. The molecule has 1 rings (SSSR count). The van der Waals surface area contributed by atoms with Gasteiger partial charge in [-0.05, 0) is 12.1 Å². The van der Waals surface area contributed by atoms with Gasteiger partial charge in [-0.3, -0.25) is 0 Å². The molecule has 1 aromatic rings. The molecule has 0 spiro atoms. The fraction of sp³-hybridized carbons (Fsp3) is 0.143. The maximum absolute atomic E-state index is 11.3. The van der Waals surface area contributed by atoms with Crippen LogP contribution in [0.15, 0.2) is 29.2 Å². The van der Waals surface area contributed by atoms with Gasteiger partial charge < -0.3 is 0 Å². The summed E-state index contributed by atoms with van der Waals surface area (Å²) in [4.78, 5) is 0.161. The smallest absolute Gasteiger partial charge is 0.239 e. The average molecular weight is 207 g/mol. The Morgan fingerprint density at radius 2 is 1.92 bits per heavy atom. The number of hydrogen-bond acceptors (Lipinski definition) is 2. The lowest BCUT2D eigenvalue weighted by atomic mass is 10.4. The Labute approximate surface area is 76.4 Å². The molecule has 0 unspecified atom stereocenters. The molecule has 0 radical (unpaired) electrons. The van der Waals surface area contributed by atoms with E-state index in [0.717, 1.165) is 4.72 Å². The second-order valence-electron chi connectivity index (χ2n) is 2.21. The summed E-state index contributed by atoms with van der Waals surface area (Å²) < 4.78 is 23.7. The first-order valence-electron chi connectivity index (χ1n) is 3.37. The molecule has 3 nitrogen and oxygen atoms in total. The molecule has 0 bridgehead atoms. The highest BCUT2D eigenvalue weighted by molar-refractivity contribution is 7.84. The van der Waals surface area contributed by atoms with Gasteiger partial charge in [0.25, 0.3) is 0 Å². The highest BCUT2D eigenvalue weighted by atomic mass is 35.5. The molecule has 0 amide bonds. The first-order valence-corrected chi connectivity index (χ1v) is 5.29. The van der Waals surface area contributed by atoms with Gasteiger partial charge >= 0.3 is 10.0 Å². The van der Waals surface area contributed by atoms with E-state index in [1.165, 1.54) is 13.1 Å². The molecular formula is C7H9ClNO2S+. The summed E-state index contributed by atoms with van der Waals surface area (Å²) in [5.74, 6) is 0. The Kier molecular flexibility index (Phi) is 2.72. The fourth-order valence-corrected chi connectivity index (χ4v) is 2.12. The number of hydrogen-bond donors (Lipinski definition) is 1. The van der Waals surface area contributed by atoms with E-state index in [-0.39, 0.29) is 9.92 Å². The normalized spacial score (nSPS) is 11.5. The van der Waals surface area contributed by atoms with Gasteiger partial charge in [-0.25, -0.2) is 4.72 Å². The lowest BCUT2D eigenvalue weighted by Gasteiger charge is -1.99. The van der Waals surface area contributed by atoms with Crippen molar-refractivity contribution in [1.29, 1.82) is 0 Å². The van der Waals surface area contributed by atoms with Gasteiger partial charge in [0.05, 0.1) is 12.1 Å². The van der Waals surface area contributed by atoms with Crippen molar-refractivity contribution in [1.82, 2.24) is 0 Å². The molecule has 0 atom stereocenters. The van der Waals surface area contributed by atoms with Crippen LogP contribution < -0.4 is 4.72 Å². The van der Waals surface area contributed by atoms with E-state index >= 15 is 0 Å². The number of nitrogens with two attached hydrogens (primary N) is 1. The largest absolute Gasteiger partial charge is 0.325 e. The van der Waals surface area contributed by atoms with Gasteiger partial charge in [0, 0.05) is 0 Å². The molecule has 2 N–H and O–H groups in total. The van der Waals surface area contributed by atoms with Crippen LogP contribution in [-0.2, 0) is 10.0 Å². The van der Waals surface area contributed by atoms with Crippen molar-refractivity contribution in [3.05, 3.63) is 29.3 Å². The van der Waals surface area contributed by atoms with Crippen LogP contribution in [0.2, 0.25) is 5.02 Å². The van der Waals surface area contributed by atoms with Gasteiger partial charge in [0.2, 0.25) is 0 Å². The van der Waals surface area contributed by atoms with Crippen LogP contribution in [0.3, 0.4) is 0 Å². The minimum absolute atomic E-state index is 0.161. The van der Waals surface area contributed by atoms with Gasteiger partial charge in [-0.2, -0.15) is 8.42 Å². The van der Waals surface area contributed by atoms with E-state index in [4.69, 9.17) is 11.6 Å². The third kappa shape index (κ3) is 1.77. The Balaban J connectivity index is 3.30. The van der Waals surface area contributed by atoms with E-state index in [2.05, 4.69) is 0 Å². The van der Waals surface area contributed by atoms with Crippen LogP contribution in [0.1, 0.15) is 0 Å². The number of quaternary nitrogens is 1. The summed E-state index contributed by atoms with van der Waals surface area (Å²) in [6.45, 7) is 0. The summed E-state index contributed by atoms with van der Waals surface area (Å²) in [7, 11) is -1.81. The van der Waals surface area contributed by atoms with Crippen molar-refractivity contribution in [2.75, 3.05) is 7.05 Å². The number of rotatable bonds is 2. The van der Waals surface area contributed by atoms with E-state index in [0.29, 0.717) is 0 Å². The third-order valence-electron chi connectivity index (χ3n) is 1.45. The molecule has 0 aliphatic rings. The molecule has 0 aliphatic carbocycles. The van der Waals surface area contributed by atoms with Crippen molar-refractivity contribution < 1.29 is 13.1 Å². The van der Waals surface area contributed by atoms with Crippen LogP contribution in [0.4, 0.5) is 0 Å². The molecule has 66 valence electrons. The van der Waals surface area contributed by atoms with Crippen LogP contribution in [-0.4, -0.2) is 15.5 Å². The van der Waals surface area contributed by atoms with Crippen molar-refractivity contribution in [2.24, 2.45) is 0 Å². The van der Waals surface area contributed by atoms with Gasteiger partial charge in [0.1, 0.15) is 4.90 Å². The standard InChI is InChI=1S/C7H8ClNO2S/c1-9-12(10,11)7-5-3-2-4-6(7)8/h2-5,9H,1H3/p+1. The summed E-state index contributed by atoms with van der Waals surface area (Å²) in [5.41, 5.74) is 0. The predicted molar refractivity (Wildman–Crippen MR) is 46.5 cm³/mol. The van der Waals surface area contributed by atoms with Crippen molar-refractivity contribution in [2.45, 2.75) is 4.90 Å². The maximum atomic E-state index is 11.3. The quantitative estimate of drug-likeness (QED) is 0.753. The summed E-state index contributed by atoms with van der Waals surface area (Å²) >= 11 is 5.69. The molecule has 0 fully saturated rings. The van der Waals surface area contributed by atoms with Crippen molar-refractivity contribution >= 4 is 21.6 Å². The van der Waals surface area contributed by atoms with Crippen LogP contribution >= 0.6 is 11.6 Å². The molecule has 0 saturated heterocycles. The molecule has 0 saturated carbocycles. The average Bonchev–Trinajstić information content (AvgIpc) is 2.05. The lowest BCUT2D eigenvalue weighted by molar-refractivity contribution is -0.461. The minimum Gasteiger partial charge on any atom is -0.239 e. The molecule has 0 aliphatic heterocycles. The molecule has 0 aromatic heterocycles. The molecule has 12 heavy (non-hydrogen) atoms. The second-order valence-corrected chi connectivity index (χ2v) is 4.62. The van der Waals surface area contributed by atoms with Gasteiger partial charge in [-0.15, -0.1) is 0 Å². The summed E-state index contributed by atoms with van der Waals surface area (Å²) in [6.07, 6.45) is 0. The third-order valence-corrected chi connectivity index (χ3v) is 3.48. The maximum Gasteiger partial charge on any atom is 0.325 e. The van der Waals surface area contributed by atoms with E-state index < -0.39 is 10.0 Å². The summed E-state index contributed by atoms with van der Waals surface area (Å²) in [5, 5.41) is 0.260. The monoisotopic (exact) mass is 206 g/mol. The lowest BCUT2D eigenvalue weighted by Crippen LogP contribution is -2.82. The molecule has 1 aromatic carbocycles. The Morgan fingerprint density at radius 3 is 2.42 bits per heavy atom. The Morgan fingerprint density at radius 1 is 1.33 bits per heavy atom. The zero-order valence-electron chi connectivity index (χ0n) is 6.49. The number of primary sulfonamides is 1. The molecule has 0 heterocycles.